The summed E-state index contributed by atoms with van der Waals surface area (Å²) < 4.78 is 7.84. The lowest BCUT2D eigenvalue weighted by Crippen LogP contribution is -2.50. The number of anilines is 1. The first-order valence-corrected chi connectivity index (χ1v) is 13.1. The maximum absolute atomic E-state index is 12.3. The second-order valence-electron chi connectivity index (χ2n) is 9.90. The highest BCUT2D eigenvalue weighted by Gasteiger charge is 2.28. The number of carbonyl (C=O) groups excluding carboxylic acids is 2. The summed E-state index contributed by atoms with van der Waals surface area (Å²) in [5.41, 5.74) is 6.42. The number of hydrogen-bond donors (Lipinski definition) is 2. The first-order valence-electron chi connectivity index (χ1n) is 12.7. The lowest BCUT2D eigenvalue weighted by atomic mass is 10.1. The number of urea groups is 1. The van der Waals surface area contributed by atoms with Crippen molar-refractivity contribution in [2.75, 3.05) is 11.4 Å². The van der Waals surface area contributed by atoms with Crippen molar-refractivity contribution in [1.82, 2.24) is 30.0 Å². The number of imide groups is 1. The Morgan fingerprint density at radius 1 is 1.10 bits per heavy atom. The number of aromatic amines is 1. The summed E-state index contributed by atoms with van der Waals surface area (Å²) in [7, 11) is 1.88. The van der Waals surface area contributed by atoms with Crippen LogP contribution in [0.25, 0.3) is 11.4 Å². The van der Waals surface area contributed by atoms with Crippen molar-refractivity contribution in [2.24, 2.45) is 7.05 Å². The zero-order valence-corrected chi connectivity index (χ0v) is 22.5. The van der Waals surface area contributed by atoms with Crippen molar-refractivity contribution in [2.45, 2.75) is 39.6 Å². The van der Waals surface area contributed by atoms with Crippen LogP contribution >= 0.6 is 11.6 Å². The van der Waals surface area contributed by atoms with Gasteiger partial charge in [-0.1, -0.05) is 41.9 Å². The van der Waals surface area contributed by atoms with Crippen molar-refractivity contribution in [3.8, 4) is 17.3 Å². The molecular formula is C28H28ClN7O3. The third-order valence-electron chi connectivity index (χ3n) is 7.32. The zero-order valence-electron chi connectivity index (χ0n) is 21.7. The lowest BCUT2D eigenvalue weighted by Gasteiger charge is -2.26. The fourth-order valence-electron chi connectivity index (χ4n) is 5.11. The van der Waals surface area contributed by atoms with Crippen LogP contribution in [-0.2, 0) is 38.1 Å². The van der Waals surface area contributed by atoms with E-state index in [-0.39, 0.29) is 12.3 Å². The molecule has 0 aliphatic carbocycles. The predicted molar refractivity (Wildman–Crippen MR) is 146 cm³/mol. The van der Waals surface area contributed by atoms with Gasteiger partial charge in [-0.15, -0.1) is 5.10 Å². The van der Waals surface area contributed by atoms with Crippen LogP contribution < -0.4 is 15.0 Å². The van der Waals surface area contributed by atoms with Gasteiger partial charge in [-0.3, -0.25) is 25.0 Å². The maximum atomic E-state index is 12.3. The number of carbonyl (C=O) groups is 2. The van der Waals surface area contributed by atoms with Gasteiger partial charge in [0.15, 0.2) is 0 Å². The molecule has 11 heteroatoms. The monoisotopic (exact) mass is 545 g/mol. The molecule has 6 rings (SSSR count). The van der Waals surface area contributed by atoms with E-state index < -0.39 is 6.03 Å². The summed E-state index contributed by atoms with van der Waals surface area (Å²) >= 11 is 6.25. The summed E-state index contributed by atoms with van der Waals surface area (Å²) in [5, 5.41) is 10.6. The van der Waals surface area contributed by atoms with Gasteiger partial charge in [-0.2, -0.15) is 0 Å². The molecule has 0 bridgehead atoms. The van der Waals surface area contributed by atoms with Crippen molar-refractivity contribution < 1.29 is 14.3 Å². The number of halogens is 1. The Morgan fingerprint density at radius 2 is 1.92 bits per heavy atom. The van der Waals surface area contributed by atoms with Crippen molar-refractivity contribution in [3.05, 3.63) is 81.6 Å². The molecule has 2 aliphatic heterocycles. The van der Waals surface area contributed by atoms with Crippen molar-refractivity contribution in [3.63, 3.8) is 0 Å². The molecule has 4 heterocycles. The highest BCUT2D eigenvalue weighted by molar-refractivity contribution is 6.31. The number of nitrogens with one attached hydrogen (secondary N) is 2. The van der Waals surface area contributed by atoms with Gasteiger partial charge < -0.3 is 9.30 Å². The lowest BCUT2D eigenvalue weighted by molar-refractivity contribution is -0.120. The Morgan fingerprint density at radius 3 is 2.74 bits per heavy atom. The van der Waals surface area contributed by atoms with E-state index in [1.807, 2.05) is 42.8 Å². The van der Waals surface area contributed by atoms with Gasteiger partial charge in [0.25, 0.3) is 0 Å². The Balaban J connectivity index is 1.13. The molecule has 2 aromatic carbocycles. The van der Waals surface area contributed by atoms with Crippen molar-refractivity contribution in [1.29, 1.82) is 0 Å². The van der Waals surface area contributed by atoms with Gasteiger partial charge in [0.1, 0.15) is 18.2 Å². The second-order valence-corrected chi connectivity index (χ2v) is 10.3. The third kappa shape index (κ3) is 4.88. The fraction of sp³-hybridized carbons (Fsp3) is 0.286. The number of rotatable bonds is 7. The van der Waals surface area contributed by atoms with Gasteiger partial charge in [-0.25, -0.2) is 9.78 Å². The van der Waals surface area contributed by atoms with E-state index in [2.05, 4.69) is 43.6 Å². The minimum Gasteiger partial charge on any atom is -0.471 e. The molecular weight excluding hydrogens is 518 g/mol. The normalized spacial score (nSPS) is 15.5. The van der Waals surface area contributed by atoms with Crippen molar-refractivity contribution >= 4 is 29.4 Å². The van der Waals surface area contributed by atoms with E-state index in [4.69, 9.17) is 16.3 Å². The quantitative estimate of drug-likeness (QED) is 0.358. The molecule has 2 aliphatic rings. The minimum absolute atomic E-state index is 0.256. The number of amides is 3. The molecule has 4 aromatic rings. The van der Waals surface area contributed by atoms with E-state index in [0.717, 1.165) is 41.3 Å². The Kier molecular flexibility index (Phi) is 6.58. The third-order valence-corrected chi connectivity index (χ3v) is 7.69. The van der Waals surface area contributed by atoms with Crippen LogP contribution in [0.5, 0.6) is 5.88 Å². The van der Waals surface area contributed by atoms with Crippen LogP contribution in [0.4, 0.5) is 10.6 Å². The highest BCUT2D eigenvalue weighted by atomic mass is 35.5. The Labute approximate surface area is 230 Å². The van der Waals surface area contributed by atoms with Crippen LogP contribution in [0.15, 0.2) is 48.7 Å². The van der Waals surface area contributed by atoms with Crippen LogP contribution in [0.3, 0.4) is 0 Å². The highest BCUT2D eigenvalue weighted by Crippen LogP contribution is 2.31. The van der Waals surface area contributed by atoms with E-state index in [1.54, 1.807) is 11.1 Å². The molecule has 39 heavy (non-hydrogen) atoms. The zero-order chi connectivity index (χ0) is 27.1. The van der Waals surface area contributed by atoms with Gasteiger partial charge in [0.05, 0.1) is 11.9 Å². The largest absolute Gasteiger partial charge is 0.471 e. The average molecular weight is 546 g/mol. The molecule has 0 saturated carbocycles. The van der Waals surface area contributed by atoms with E-state index in [1.165, 1.54) is 11.1 Å². The molecule has 2 aromatic heterocycles. The molecule has 0 unspecified atom stereocenters. The summed E-state index contributed by atoms with van der Waals surface area (Å²) in [4.78, 5) is 32.3. The van der Waals surface area contributed by atoms with E-state index in [0.29, 0.717) is 36.4 Å². The van der Waals surface area contributed by atoms with Crippen LogP contribution in [0.1, 0.15) is 34.4 Å². The van der Waals surface area contributed by atoms with Crippen LogP contribution in [0.2, 0.25) is 5.02 Å². The number of ether oxygens (including phenoxy) is 1. The number of fused-ring (bicyclic) bond motifs is 1. The molecule has 0 atom stereocenters. The minimum atomic E-state index is -0.420. The van der Waals surface area contributed by atoms with E-state index in [9.17, 15) is 9.59 Å². The summed E-state index contributed by atoms with van der Waals surface area (Å²) in [6.45, 7) is 5.05. The summed E-state index contributed by atoms with van der Waals surface area (Å²) in [6.07, 6.45) is 1.95. The average Bonchev–Trinajstić information content (AvgIpc) is 3.60. The molecule has 10 nitrogen and oxygen atoms in total. The van der Waals surface area contributed by atoms with Crippen LogP contribution in [-0.4, -0.2) is 43.1 Å². The van der Waals surface area contributed by atoms with Gasteiger partial charge in [0.2, 0.25) is 11.8 Å². The van der Waals surface area contributed by atoms with Crippen LogP contribution in [0, 0.1) is 6.92 Å². The fourth-order valence-corrected chi connectivity index (χ4v) is 5.30. The molecule has 2 N–H and O–H groups in total. The molecule has 0 spiro atoms. The molecule has 1 fully saturated rings. The Hall–Kier alpha value is -4.15. The van der Waals surface area contributed by atoms with Gasteiger partial charge in [0, 0.05) is 61.4 Å². The standard InChI is InChI=1S/C28H28ClN7O3/c1-17-23(32-33-27(17)39-16-20-5-3-4-6-22(20)29)15-35-13-19-8-7-18(11-21(19)14-35)26-30-12-25(34(26)2)36-10-9-24(37)31-28(36)38/h3-8,11-12H,9-10,13-16H2,1-2H3,(H,32,33)(H,31,37,38). The first kappa shape index (κ1) is 25.1. The number of imidazole rings is 1. The number of benzene rings is 2. The maximum Gasteiger partial charge on any atom is 0.329 e. The molecule has 0 radical (unpaired) electrons. The van der Waals surface area contributed by atoms with E-state index >= 15 is 0 Å². The summed E-state index contributed by atoms with van der Waals surface area (Å²) in [5.74, 6) is 1.74. The van der Waals surface area contributed by atoms with Gasteiger partial charge >= 0.3 is 6.03 Å². The smallest absolute Gasteiger partial charge is 0.329 e. The SMILES string of the molecule is Cc1c(OCc2ccccc2Cl)n[nH]c1CN1Cc2ccc(-c3ncc(N4CCC(=O)NC4=O)n3C)cc2C1. The molecule has 200 valence electrons. The predicted octanol–water partition coefficient (Wildman–Crippen LogP) is 4.31. The number of aromatic nitrogens is 4. The number of H-pyrrole nitrogens is 1. The first-order chi connectivity index (χ1) is 18.9. The molecule has 1 saturated heterocycles. The topological polar surface area (TPSA) is 108 Å². The Bertz CT molecular complexity index is 1580. The number of nitrogens with zero attached hydrogens (tertiary/aromatic N) is 5. The molecule has 3 amide bonds. The summed E-state index contributed by atoms with van der Waals surface area (Å²) in [6, 6.07) is 13.6. The van der Waals surface area contributed by atoms with Gasteiger partial charge in [-0.05, 0) is 30.2 Å². The number of hydrogen-bond acceptors (Lipinski definition) is 6. The second kappa shape index (κ2) is 10.2.